The monoisotopic (exact) mass is 451 g/mol. The van der Waals surface area contributed by atoms with E-state index in [0.717, 1.165) is 0 Å². The van der Waals surface area contributed by atoms with E-state index in [0.29, 0.717) is 37.0 Å². The molecule has 0 spiro atoms. The number of hydrogen-bond donors (Lipinski definition) is 2. The molecule has 1 fully saturated rings. The zero-order valence-electron chi connectivity index (χ0n) is 16.3. The summed E-state index contributed by atoms with van der Waals surface area (Å²) in [5.74, 6) is -0.748. The number of morpholine rings is 1. The first-order valence-corrected chi connectivity index (χ1v) is 11.2. The average Bonchev–Trinajstić information content (AvgIpc) is 2.73. The molecule has 1 aliphatic heterocycles. The molecule has 10 heteroatoms. The highest BCUT2D eigenvalue weighted by atomic mass is 35.5. The van der Waals surface area contributed by atoms with Gasteiger partial charge in [-0.05, 0) is 43.3 Å². The van der Waals surface area contributed by atoms with Crippen molar-refractivity contribution in [2.24, 2.45) is 0 Å². The molecule has 160 valence electrons. The minimum atomic E-state index is -3.93. The Labute approximate surface area is 180 Å². The van der Waals surface area contributed by atoms with E-state index in [9.17, 15) is 18.0 Å². The predicted molar refractivity (Wildman–Crippen MR) is 113 cm³/mol. The summed E-state index contributed by atoms with van der Waals surface area (Å²) in [7, 11) is -3.93. The van der Waals surface area contributed by atoms with Gasteiger partial charge in [0.15, 0.2) is 0 Å². The van der Waals surface area contributed by atoms with E-state index < -0.39 is 22.0 Å². The Balaban J connectivity index is 1.70. The highest BCUT2D eigenvalue weighted by Gasteiger charge is 2.24. The van der Waals surface area contributed by atoms with Gasteiger partial charge in [-0.1, -0.05) is 23.7 Å². The largest absolute Gasteiger partial charge is 0.378 e. The lowest BCUT2D eigenvalue weighted by Gasteiger charge is -2.29. The summed E-state index contributed by atoms with van der Waals surface area (Å²) in [6, 6.07) is 11.1. The van der Waals surface area contributed by atoms with Crippen LogP contribution >= 0.6 is 11.6 Å². The first kappa shape index (κ1) is 22.1. The van der Waals surface area contributed by atoms with Gasteiger partial charge >= 0.3 is 0 Å². The van der Waals surface area contributed by atoms with Crippen LogP contribution in [0.2, 0.25) is 5.02 Å². The van der Waals surface area contributed by atoms with Crippen LogP contribution in [0.1, 0.15) is 17.3 Å². The van der Waals surface area contributed by atoms with Crippen LogP contribution in [-0.2, 0) is 19.6 Å². The summed E-state index contributed by atoms with van der Waals surface area (Å²) < 4.78 is 33.0. The number of anilines is 1. The maximum atomic E-state index is 12.7. The molecule has 2 aromatic rings. The highest BCUT2D eigenvalue weighted by molar-refractivity contribution is 7.92. The summed E-state index contributed by atoms with van der Waals surface area (Å²) in [5, 5.41) is 3.02. The van der Waals surface area contributed by atoms with Crippen LogP contribution in [0.25, 0.3) is 0 Å². The zero-order chi connectivity index (χ0) is 21.7. The Morgan fingerprint density at radius 3 is 2.50 bits per heavy atom. The van der Waals surface area contributed by atoms with E-state index in [1.54, 1.807) is 30.0 Å². The Hall–Kier alpha value is -2.62. The first-order valence-electron chi connectivity index (χ1n) is 9.32. The van der Waals surface area contributed by atoms with Crippen molar-refractivity contribution >= 4 is 39.1 Å². The lowest BCUT2D eigenvalue weighted by Crippen LogP contribution is -2.50. The normalized spacial score (nSPS) is 15.3. The molecule has 0 bridgehead atoms. The second kappa shape index (κ2) is 9.46. The Bertz CT molecular complexity index is 1040. The van der Waals surface area contributed by atoms with Gasteiger partial charge in [0.25, 0.3) is 15.9 Å². The molecule has 1 atom stereocenters. The molecule has 1 heterocycles. The van der Waals surface area contributed by atoms with Crippen molar-refractivity contribution < 1.29 is 22.7 Å². The van der Waals surface area contributed by atoms with Gasteiger partial charge in [-0.15, -0.1) is 0 Å². The standard InChI is InChI=1S/C20H22ClN3O5S/c1-14(20(26)24-8-10-29-11-9-24)22-19(25)15-4-2-7-18(12-15)30(27,28)23-17-6-3-5-16(21)13-17/h2-7,12-14,23H,8-11H2,1H3,(H,22,25). The molecule has 1 unspecified atom stereocenters. The maximum Gasteiger partial charge on any atom is 0.261 e. The molecule has 2 aromatic carbocycles. The average molecular weight is 452 g/mol. The number of hydrogen-bond acceptors (Lipinski definition) is 5. The lowest BCUT2D eigenvalue weighted by molar-refractivity contribution is -0.136. The number of carbonyl (C=O) groups is 2. The van der Waals surface area contributed by atoms with Crippen LogP contribution in [0.5, 0.6) is 0 Å². The number of nitrogens with one attached hydrogen (secondary N) is 2. The number of sulfonamides is 1. The SMILES string of the molecule is CC(NC(=O)c1cccc(S(=O)(=O)Nc2cccc(Cl)c2)c1)C(=O)N1CCOCC1. The van der Waals surface area contributed by atoms with Gasteiger partial charge in [0, 0.05) is 23.7 Å². The van der Waals surface area contributed by atoms with Gasteiger partial charge in [0.2, 0.25) is 5.91 Å². The number of ether oxygens (including phenoxy) is 1. The van der Waals surface area contributed by atoms with Crippen molar-refractivity contribution in [3.8, 4) is 0 Å². The number of halogens is 1. The topological polar surface area (TPSA) is 105 Å². The summed E-state index contributed by atoms with van der Waals surface area (Å²) >= 11 is 5.89. The number of nitrogens with zero attached hydrogens (tertiary/aromatic N) is 1. The Morgan fingerprint density at radius 1 is 1.10 bits per heavy atom. The number of benzene rings is 2. The smallest absolute Gasteiger partial charge is 0.261 e. The Morgan fingerprint density at radius 2 is 1.80 bits per heavy atom. The van der Waals surface area contributed by atoms with Gasteiger partial charge < -0.3 is 15.0 Å². The second-order valence-electron chi connectivity index (χ2n) is 6.78. The van der Waals surface area contributed by atoms with Gasteiger partial charge in [0.05, 0.1) is 23.8 Å². The summed E-state index contributed by atoms with van der Waals surface area (Å²) in [5.41, 5.74) is 0.438. The summed E-state index contributed by atoms with van der Waals surface area (Å²) in [6.07, 6.45) is 0. The molecule has 30 heavy (non-hydrogen) atoms. The van der Waals surface area contributed by atoms with Gasteiger partial charge in [-0.25, -0.2) is 8.42 Å². The second-order valence-corrected chi connectivity index (χ2v) is 8.90. The summed E-state index contributed by atoms with van der Waals surface area (Å²) in [6.45, 7) is 3.47. The molecule has 0 saturated carbocycles. The molecule has 2 amide bonds. The molecule has 3 rings (SSSR count). The van der Waals surface area contributed by atoms with Crippen LogP contribution in [0.3, 0.4) is 0 Å². The molecule has 0 aromatic heterocycles. The van der Waals surface area contributed by atoms with Crippen LogP contribution in [0, 0.1) is 0 Å². The van der Waals surface area contributed by atoms with E-state index in [1.165, 1.54) is 30.3 Å². The first-order chi connectivity index (χ1) is 14.3. The van der Waals surface area contributed by atoms with Crippen LogP contribution in [0.15, 0.2) is 53.4 Å². The third kappa shape index (κ3) is 5.50. The quantitative estimate of drug-likeness (QED) is 0.700. The maximum absolute atomic E-state index is 12.7. The molecular weight excluding hydrogens is 430 g/mol. The van der Waals surface area contributed by atoms with Crippen molar-refractivity contribution in [2.45, 2.75) is 17.9 Å². The fraction of sp³-hybridized carbons (Fsp3) is 0.300. The van der Waals surface area contributed by atoms with Crippen molar-refractivity contribution in [2.75, 3.05) is 31.0 Å². The van der Waals surface area contributed by atoms with Gasteiger partial charge in [-0.2, -0.15) is 0 Å². The van der Waals surface area contributed by atoms with E-state index in [-0.39, 0.29) is 16.4 Å². The predicted octanol–water partition coefficient (Wildman–Crippen LogP) is 2.12. The fourth-order valence-corrected chi connectivity index (χ4v) is 4.26. The van der Waals surface area contributed by atoms with E-state index in [1.807, 2.05) is 0 Å². The molecule has 8 nitrogen and oxygen atoms in total. The van der Waals surface area contributed by atoms with Crippen LogP contribution < -0.4 is 10.0 Å². The van der Waals surface area contributed by atoms with Crippen molar-refractivity contribution in [1.29, 1.82) is 0 Å². The van der Waals surface area contributed by atoms with E-state index in [2.05, 4.69) is 10.0 Å². The zero-order valence-corrected chi connectivity index (χ0v) is 17.9. The Kier molecular flexibility index (Phi) is 6.96. The number of amides is 2. The molecule has 2 N–H and O–H groups in total. The summed E-state index contributed by atoms with van der Waals surface area (Å²) in [4.78, 5) is 26.6. The molecule has 1 aliphatic rings. The molecule has 1 saturated heterocycles. The number of carbonyl (C=O) groups excluding carboxylic acids is 2. The highest BCUT2D eigenvalue weighted by Crippen LogP contribution is 2.20. The lowest BCUT2D eigenvalue weighted by atomic mass is 10.2. The van der Waals surface area contributed by atoms with E-state index in [4.69, 9.17) is 16.3 Å². The van der Waals surface area contributed by atoms with Gasteiger partial charge in [0.1, 0.15) is 6.04 Å². The minimum Gasteiger partial charge on any atom is -0.378 e. The molecule has 0 radical (unpaired) electrons. The molecular formula is C20H22ClN3O5S. The fourth-order valence-electron chi connectivity index (χ4n) is 2.97. The minimum absolute atomic E-state index is 0.0812. The number of rotatable bonds is 6. The van der Waals surface area contributed by atoms with Crippen molar-refractivity contribution in [3.05, 3.63) is 59.1 Å². The van der Waals surface area contributed by atoms with Crippen molar-refractivity contribution in [1.82, 2.24) is 10.2 Å². The third-order valence-corrected chi connectivity index (χ3v) is 6.14. The molecule has 0 aliphatic carbocycles. The van der Waals surface area contributed by atoms with Crippen LogP contribution in [0.4, 0.5) is 5.69 Å². The van der Waals surface area contributed by atoms with Gasteiger partial charge in [-0.3, -0.25) is 14.3 Å². The van der Waals surface area contributed by atoms with Crippen LogP contribution in [-0.4, -0.2) is 57.5 Å². The van der Waals surface area contributed by atoms with E-state index >= 15 is 0 Å². The third-order valence-electron chi connectivity index (χ3n) is 4.52. The van der Waals surface area contributed by atoms with Crippen molar-refractivity contribution in [3.63, 3.8) is 0 Å².